The molecular formula is C11H10BrN7O2S. The second-order valence-electron chi connectivity index (χ2n) is 4.36. The molecule has 114 valence electrons. The van der Waals surface area contributed by atoms with Gasteiger partial charge < -0.3 is 0 Å². The molecule has 2 aromatic heterocycles. The third-order valence-electron chi connectivity index (χ3n) is 2.78. The van der Waals surface area contributed by atoms with Crippen LogP contribution in [0.25, 0.3) is 11.4 Å². The number of halogens is 1. The van der Waals surface area contributed by atoms with E-state index in [0.29, 0.717) is 21.5 Å². The summed E-state index contributed by atoms with van der Waals surface area (Å²) in [6, 6.07) is 6.41. The van der Waals surface area contributed by atoms with Crippen LogP contribution in [0.4, 0.5) is 5.69 Å². The van der Waals surface area contributed by atoms with E-state index in [0.717, 1.165) is 0 Å². The van der Waals surface area contributed by atoms with Crippen molar-refractivity contribution in [3.8, 4) is 11.4 Å². The molecule has 9 nitrogen and oxygen atoms in total. The van der Waals surface area contributed by atoms with Crippen molar-refractivity contribution >= 4 is 31.6 Å². The molecule has 0 unspecified atom stereocenters. The first-order valence-corrected chi connectivity index (χ1v) is 8.29. The maximum Gasteiger partial charge on any atom is 0.281 e. The van der Waals surface area contributed by atoms with Crippen LogP contribution >= 0.6 is 15.9 Å². The molecule has 22 heavy (non-hydrogen) atoms. The lowest BCUT2D eigenvalue weighted by molar-refractivity contribution is 0.593. The van der Waals surface area contributed by atoms with Crippen LogP contribution in [-0.2, 0) is 17.1 Å². The number of aryl methyl sites for hydroxylation is 1. The van der Waals surface area contributed by atoms with Crippen molar-refractivity contribution in [1.29, 1.82) is 0 Å². The molecule has 0 saturated carbocycles. The summed E-state index contributed by atoms with van der Waals surface area (Å²) < 4.78 is 28.9. The fourth-order valence-corrected chi connectivity index (χ4v) is 3.41. The van der Waals surface area contributed by atoms with E-state index in [1.54, 1.807) is 31.4 Å². The van der Waals surface area contributed by atoms with Gasteiger partial charge in [0.15, 0.2) is 5.03 Å². The van der Waals surface area contributed by atoms with Gasteiger partial charge in [-0.25, -0.2) is 0 Å². The van der Waals surface area contributed by atoms with Crippen LogP contribution in [0.15, 0.2) is 40.0 Å². The number of hydrogen-bond donors (Lipinski definition) is 2. The molecule has 0 fully saturated rings. The van der Waals surface area contributed by atoms with E-state index in [2.05, 4.69) is 46.4 Å². The molecule has 0 atom stereocenters. The highest BCUT2D eigenvalue weighted by Gasteiger charge is 2.19. The van der Waals surface area contributed by atoms with E-state index >= 15 is 0 Å². The Morgan fingerprint density at radius 3 is 2.73 bits per heavy atom. The summed E-state index contributed by atoms with van der Waals surface area (Å²) in [7, 11) is -2.10. The van der Waals surface area contributed by atoms with Gasteiger partial charge in [-0.1, -0.05) is 0 Å². The molecule has 0 spiro atoms. The predicted octanol–water partition coefficient (Wildman–Crippen LogP) is 1.16. The smallest absolute Gasteiger partial charge is 0.277 e. The van der Waals surface area contributed by atoms with Gasteiger partial charge in [0.2, 0.25) is 5.82 Å². The van der Waals surface area contributed by atoms with Gasteiger partial charge in [0.05, 0.1) is 5.69 Å². The Morgan fingerprint density at radius 1 is 1.32 bits per heavy atom. The standard InChI is InChI=1S/C11H10BrN7O2S/c1-19-5-4-10(15-19)22(20,21)16-9-3-2-7(6-8(9)12)11-13-17-18-14-11/h2-6,16H,1H3,(H,13,14,17,18). The van der Waals surface area contributed by atoms with Crippen LogP contribution in [0.5, 0.6) is 0 Å². The molecule has 0 radical (unpaired) electrons. The van der Waals surface area contributed by atoms with Crippen LogP contribution in [0.1, 0.15) is 0 Å². The molecular weight excluding hydrogens is 374 g/mol. The minimum atomic E-state index is -3.74. The number of anilines is 1. The number of H-pyrrole nitrogens is 1. The van der Waals surface area contributed by atoms with Crippen molar-refractivity contribution in [2.24, 2.45) is 7.05 Å². The summed E-state index contributed by atoms with van der Waals surface area (Å²) >= 11 is 3.32. The van der Waals surface area contributed by atoms with E-state index in [1.807, 2.05) is 0 Å². The van der Waals surface area contributed by atoms with E-state index in [1.165, 1.54) is 10.7 Å². The second-order valence-corrected chi connectivity index (χ2v) is 6.85. The number of nitrogens with one attached hydrogen (secondary N) is 2. The first-order valence-electron chi connectivity index (χ1n) is 6.01. The summed E-state index contributed by atoms with van der Waals surface area (Å²) in [6.07, 6.45) is 1.56. The summed E-state index contributed by atoms with van der Waals surface area (Å²) in [4.78, 5) is 0. The van der Waals surface area contributed by atoms with Gasteiger partial charge in [0.1, 0.15) is 0 Å². The van der Waals surface area contributed by atoms with Gasteiger partial charge in [-0.3, -0.25) is 9.40 Å². The number of aromatic amines is 1. The molecule has 3 rings (SSSR count). The third kappa shape index (κ3) is 2.85. The number of rotatable bonds is 4. The van der Waals surface area contributed by atoms with Crippen molar-refractivity contribution in [2.75, 3.05) is 4.72 Å². The number of benzene rings is 1. The van der Waals surface area contributed by atoms with Crippen molar-refractivity contribution in [3.05, 3.63) is 34.9 Å². The van der Waals surface area contributed by atoms with Crippen molar-refractivity contribution in [1.82, 2.24) is 30.4 Å². The van der Waals surface area contributed by atoms with Crippen LogP contribution in [0, 0.1) is 0 Å². The fourth-order valence-electron chi connectivity index (χ4n) is 1.76. The quantitative estimate of drug-likeness (QED) is 0.697. The Bertz CT molecular complexity index is 904. The number of nitrogens with zero attached hydrogens (tertiary/aromatic N) is 5. The minimum Gasteiger partial charge on any atom is -0.277 e. The van der Waals surface area contributed by atoms with E-state index in [9.17, 15) is 8.42 Å². The van der Waals surface area contributed by atoms with Gasteiger partial charge in [-0.15, -0.1) is 10.2 Å². The predicted molar refractivity (Wildman–Crippen MR) is 81.3 cm³/mol. The van der Waals surface area contributed by atoms with Crippen molar-refractivity contribution < 1.29 is 8.42 Å². The minimum absolute atomic E-state index is 0.0517. The average Bonchev–Trinajstić information content (AvgIpc) is 3.12. The highest BCUT2D eigenvalue weighted by Crippen LogP contribution is 2.28. The number of hydrogen-bond acceptors (Lipinski definition) is 6. The summed E-state index contributed by atoms with van der Waals surface area (Å²) in [5.41, 5.74) is 1.08. The molecule has 2 heterocycles. The largest absolute Gasteiger partial charge is 0.281 e. The number of tetrazole rings is 1. The third-order valence-corrected chi connectivity index (χ3v) is 4.69. The Kier molecular flexibility index (Phi) is 3.66. The first-order chi connectivity index (χ1) is 10.5. The van der Waals surface area contributed by atoms with Gasteiger partial charge in [-0.2, -0.15) is 18.7 Å². The van der Waals surface area contributed by atoms with Gasteiger partial charge in [0.25, 0.3) is 10.0 Å². The maximum atomic E-state index is 12.2. The normalized spacial score (nSPS) is 11.5. The zero-order chi connectivity index (χ0) is 15.7. The Labute approximate surface area is 133 Å². The molecule has 0 amide bonds. The lowest BCUT2D eigenvalue weighted by atomic mass is 10.2. The number of sulfonamides is 1. The SMILES string of the molecule is Cn1ccc(S(=O)(=O)Nc2ccc(-c3nn[nH]n3)cc2Br)n1. The molecule has 2 N–H and O–H groups in total. The monoisotopic (exact) mass is 383 g/mol. The molecule has 0 aliphatic rings. The average molecular weight is 384 g/mol. The van der Waals surface area contributed by atoms with E-state index in [-0.39, 0.29) is 5.03 Å². The number of aromatic nitrogens is 6. The van der Waals surface area contributed by atoms with Crippen LogP contribution in [0.2, 0.25) is 0 Å². The van der Waals surface area contributed by atoms with Crippen molar-refractivity contribution in [2.45, 2.75) is 5.03 Å². The molecule has 0 aliphatic heterocycles. The van der Waals surface area contributed by atoms with E-state index in [4.69, 9.17) is 0 Å². The molecule has 0 aliphatic carbocycles. The summed E-state index contributed by atoms with van der Waals surface area (Å²) in [6.45, 7) is 0. The zero-order valence-corrected chi connectivity index (χ0v) is 13.6. The topological polar surface area (TPSA) is 118 Å². The first kappa shape index (κ1) is 14.7. The Morgan fingerprint density at radius 2 is 2.14 bits per heavy atom. The highest BCUT2D eigenvalue weighted by atomic mass is 79.9. The van der Waals surface area contributed by atoms with Gasteiger partial charge in [-0.05, 0) is 45.4 Å². The Balaban J connectivity index is 1.90. The zero-order valence-electron chi connectivity index (χ0n) is 11.2. The molecule has 11 heteroatoms. The molecule has 1 aromatic carbocycles. The molecule has 3 aromatic rings. The lowest BCUT2D eigenvalue weighted by Crippen LogP contribution is -2.14. The maximum absolute atomic E-state index is 12.2. The van der Waals surface area contributed by atoms with Crippen LogP contribution < -0.4 is 4.72 Å². The van der Waals surface area contributed by atoms with Crippen LogP contribution in [-0.4, -0.2) is 38.8 Å². The fraction of sp³-hybridized carbons (Fsp3) is 0.0909. The van der Waals surface area contributed by atoms with Crippen LogP contribution in [0.3, 0.4) is 0 Å². The second kappa shape index (κ2) is 5.50. The molecule has 0 saturated heterocycles. The van der Waals surface area contributed by atoms with Crippen molar-refractivity contribution in [3.63, 3.8) is 0 Å². The molecule has 0 bridgehead atoms. The van der Waals surface area contributed by atoms with Gasteiger partial charge >= 0.3 is 0 Å². The highest BCUT2D eigenvalue weighted by molar-refractivity contribution is 9.10. The van der Waals surface area contributed by atoms with E-state index < -0.39 is 10.0 Å². The summed E-state index contributed by atoms with van der Waals surface area (Å²) in [5, 5.41) is 17.4. The Hall–Kier alpha value is -2.27. The lowest BCUT2D eigenvalue weighted by Gasteiger charge is -2.08. The van der Waals surface area contributed by atoms with Gasteiger partial charge in [0, 0.05) is 23.3 Å². The summed E-state index contributed by atoms with van der Waals surface area (Å²) in [5.74, 6) is 0.417.